The van der Waals surface area contributed by atoms with Gasteiger partial charge in [-0.15, -0.1) is 0 Å². The molecule has 2 aliphatic rings. The van der Waals surface area contributed by atoms with E-state index in [9.17, 15) is 19.2 Å². The van der Waals surface area contributed by atoms with Crippen LogP contribution in [0.2, 0.25) is 0 Å². The van der Waals surface area contributed by atoms with Crippen molar-refractivity contribution in [2.75, 3.05) is 31.1 Å². The zero-order chi connectivity index (χ0) is 26.3. The molecule has 0 radical (unpaired) electrons. The van der Waals surface area contributed by atoms with Crippen molar-refractivity contribution >= 4 is 40.0 Å². The molecular formula is C27H25N5O5. The highest BCUT2D eigenvalue weighted by Gasteiger charge is 2.25. The summed E-state index contributed by atoms with van der Waals surface area (Å²) in [7, 11) is 0. The number of rotatable bonds is 5. The molecule has 0 atom stereocenters. The van der Waals surface area contributed by atoms with Crippen molar-refractivity contribution in [2.45, 2.75) is 13.3 Å². The van der Waals surface area contributed by atoms with Gasteiger partial charge in [-0.1, -0.05) is 31.4 Å². The molecule has 0 spiro atoms. The van der Waals surface area contributed by atoms with Crippen LogP contribution in [0.1, 0.15) is 13.3 Å². The van der Waals surface area contributed by atoms with Crippen LogP contribution in [0.25, 0.3) is 27.7 Å². The lowest BCUT2D eigenvalue weighted by atomic mass is 10.0. The average molecular weight is 500 g/mol. The Kier molecular flexibility index (Phi) is 6.08. The summed E-state index contributed by atoms with van der Waals surface area (Å²) in [5.41, 5.74) is 1.84. The molecule has 2 aliphatic heterocycles. The quantitative estimate of drug-likeness (QED) is 0.538. The van der Waals surface area contributed by atoms with Crippen LogP contribution in [-0.2, 0) is 14.4 Å². The highest BCUT2D eigenvalue weighted by atomic mass is 16.5. The molecule has 0 unspecified atom stereocenters. The van der Waals surface area contributed by atoms with E-state index in [4.69, 9.17) is 4.74 Å². The van der Waals surface area contributed by atoms with Crippen molar-refractivity contribution in [1.29, 1.82) is 0 Å². The number of hydrogen-bond donors (Lipinski definition) is 1. The number of benzene rings is 2. The lowest BCUT2D eigenvalue weighted by molar-refractivity contribution is -0.131. The Hall–Kier alpha value is -4.73. The number of para-hydroxylation sites is 1. The van der Waals surface area contributed by atoms with Crippen molar-refractivity contribution in [3.8, 4) is 16.9 Å². The number of carbonyl (C=O) groups excluding carboxylic acids is 3. The number of nitrogens with one attached hydrogen (secondary N) is 1. The van der Waals surface area contributed by atoms with Gasteiger partial charge in [0.15, 0.2) is 0 Å². The van der Waals surface area contributed by atoms with E-state index in [0.29, 0.717) is 48.8 Å². The normalized spacial score (nSPS) is 14.3. The van der Waals surface area contributed by atoms with E-state index in [1.54, 1.807) is 21.9 Å². The van der Waals surface area contributed by atoms with E-state index >= 15 is 0 Å². The Bertz CT molecular complexity index is 1550. The molecule has 1 aromatic heterocycles. The highest BCUT2D eigenvalue weighted by Crippen LogP contribution is 2.37. The predicted octanol–water partition coefficient (Wildman–Crippen LogP) is 2.14. The van der Waals surface area contributed by atoms with Crippen LogP contribution >= 0.6 is 0 Å². The van der Waals surface area contributed by atoms with E-state index in [1.807, 2.05) is 24.3 Å². The Morgan fingerprint density at radius 1 is 1.08 bits per heavy atom. The van der Waals surface area contributed by atoms with Crippen LogP contribution in [0.3, 0.4) is 0 Å². The van der Waals surface area contributed by atoms with Gasteiger partial charge in [0.2, 0.25) is 5.91 Å². The van der Waals surface area contributed by atoms with Gasteiger partial charge >= 0.3 is 0 Å². The van der Waals surface area contributed by atoms with E-state index in [-0.39, 0.29) is 28.6 Å². The number of aromatic nitrogens is 2. The minimum absolute atomic E-state index is 0.0672. The summed E-state index contributed by atoms with van der Waals surface area (Å²) in [6, 6.07) is 10.7. The summed E-state index contributed by atoms with van der Waals surface area (Å²) >= 11 is 0. The first-order valence-electron chi connectivity index (χ1n) is 11.8. The van der Waals surface area contributed by atoms with Gasteiger partial charge in [-0.05, 0) is 30.2 Å². The van der Waals surface area contributed by atoms with Gasteiger partial charge in [0.25, 0.3) is 17.4 Å². The van der Waals surface area contributed by atoms with Gasteiger partial charge < -0.3 is 19.9 Å². The van der Waals surface area contributed by atoms with Crippen LogP contribution < -0.4 is 20.5 Å². The van der Waals surface area contributed by atoms with Gasteiger partial charge in [0, 0.05) is 25.6 Å². The Morgan fingerprint density at radius 2 is 1.86 bits per heavy atom. The number of likely N-dealkylation sites (tertiary alicyclic amines) is 1. The second kappa shape index (κ2) is 9.38. The van der Waals surface area contributed by atoms with Crippen LogP contribution in [-0.4, -0.2) is 58.4 Å². The summed E-state index contributed by atoms with van der Waals surface area (Å²) in [4.78, 5) is 57.9. The first-order valence-corrected chi connectivity index (χ1v) is 11.8. The topological polar surface area (TPSA) is 114 Å². The number of nitrogens with zero attached hydrogens (tertiary/aromatic N) is 4. The van der Waals surface area contributed by atoms with Crippen LogP contribution in [0.15, 0.2) is 66.4 Å². The first kappa shape index (κ1) is 24.0. The molecule has 10 heteroatoms. The zero-order valence-corrected chi connectivity index (χ0v) is 20.3. The minimum Gasteiger partial charge on any atom is -0.490 e. The Labute approximate surface area is 212 Å². The predicted molar refractivity (Wildman–Crippen MR) is 139 cm³/mol. The van der Waals surface area contributed by atoms with Gasteiger partial charge in [-0.2, -0.15) is 0 Å². The van der Waals surface area contributed by atoms with Crippen molar-refractivity contribution in [1.82, 2.24) is 19.8 Å². The lowest BCUT2D eigenvalue weighted by Crippen LogP contribution is -2.45. The van der Waals surface area contributed by atoms with E-state index in [1.165, 1.54) is 13.3 Å². The van der Waals surface area contributed by atoms with E-state index in [0.717, 1.165) is 16.6 Å². The first-order chi connectivity index (χ1) is 17.8. The minimum atomic E-state index is -0.722. The maximum Gasteiger partial charge on any atom is 0.272 e. The highest BCUT2D eigenvalue weighted by molar-refractivity contribution is 6.15. The number of ether oxygens (including phenoxy) is 1. The SMILES string of the molecule is C=C(NC(=O)C(=C)n1cnc2c(-c3ccc4c(c3)OCCN4C(C)=O)cccc2c1=O)C(=O)N1CCC1. The van der Waals surface area contributed by atoms with Crippen LogP contribution in [0.4, 0.5) is 5.69 Å². The molecule has 0 aliphatic carbocycles. The molecule has 0 bridgehead atoms. The smallest absolute Gasteiger partial charge is 0.272 e. The molecule has 3 heterocycles. The molecule has 2 aromatic carbocycles. The van der Waals surface area contributed by atoms with Crippen molar-refractivity contribution in [2.24, 2.45) is 0 Å². The second-order valence-corrected chi connectivity index (χ2v) is 8.85. The van der Waals surface area contributed by atoms with E-state index < -0.39 is 11.5 Å². The molecule has 1 fully saturated rings. The summed E-state index contributed by atoms with van der Waals surface area (Å²) < 4.78 is 6.83. The summed E-state index contributed by atoms with van der Waals surface area (Å²) in [6.07, 6.45) is 2.15. The lowest BCUT2D eigenvalue weighted by Gasteiger charge is -2.31. The molecule has 37 heavy (non-hydrogen) atoms. The third-order valence-electron chi connectivity index (χ3n) is 6.52. The number of anilines is 1. The zero-order valence-electron chi connectivity index (χ0n) is 20.3. The Morgan fingerprint density at radius 3 is 2.57 bits per heavy atom. The number of carbonyl (C=O) groups is 3. The molecule has 3 aromatic rings. The molecule has 10 nitrogen and oxygen atoms in total. The standard InChI is InChI=1S/C27H25N5O5/c1-16(26(35)30-10-5-11-30)29-25(34)17(2)32-15-28-24-20(6-4-7-21(24)27(32)36)19-8-9-22-23(14-19)37-13-12-31(22)18(3)33/h4,6-9,14-15H,1-2,5,10-13H2,3H3,(H,29,34). The van der Waals surface area contributed by atoms with Gasteiger partial charge in [-0.3, -0.25) is 23.7 Å². The molecule has 1 N–H and O–H groups in total. The molecule has 1 saturated heterocycles. The number of hydrogen-bond acceptors (Lipinski definition) is 6. The fraction of sp³-hybridized carbons (Fsp3) is 0.222. The molecule has 3 amide bonds. The molecule has 0 saturated carbocycles. The number of amides is 3. The molecule has 188 valence electrons. The van der Waals surface area contributed by atoms with Crippen molar-refractivity contribution in [3.05, 3.63) is 71.9 Å². The Balaban J connectivity index is 1.45. The fourth-order valence-electron chi connectivity index (χ4n) is 4.37. The van der Waals surface area contributed by atoms with Gasteiger partial charge in [-0.25, -0.2) is 4.98 Å². The maximum absolute atomic E-state index is 13.3. The van der Waals surface area contributed by atoms with Crippen molar-refractivity contribution in [3.63, 3.8) is 0 Å². The van der Waals surface area contributed by atoms with Gasteiger partial charge in [0.05, 0.1) is 28.8 Å². The van der Waals surface area contributed by atoms with Gasteiger partial charge in [0.1, 0.15) is 24.4 Å². The number of fused-ring (bicyclic) bond motifs is 2. The fourth-order valence-corrected chi connectivity index (χ4v) is 4.37. The monoisotopic (exact) mass is 499 g/mol. The third kappa shape index (κ3) is 4.26. The van der Waals surface area contributed by atoms with Crippen LogP contribution in [0, 0.1) is 0 Å². The average Bonchev–Trinajstić information content (AvgIpc) is 2.86. The molecule has 5 rings (SSSR count). The molecular weight excluding hydrogens is 474 g/mol. The van der Waals surface area contributed by atoms with Crippen molar-refractivity contribution < 1.29 is 19.1 Å². The summed E-state index contributed by atoms with van der Waals surface area (Å²) in [5.74, 6) is -0.577. The summed E-state index contributed by atoms with van der Waals surface area (Å²) in [6.45, 7) is 11.0. The maximum atomic E-state index is 13.3. The second-order valence-electron chi connectivity index (χ2n) is 8.85. The van der Waals surface area contributed by atoms with E-state index in [2.05, 4.69) is 23.5 Å². The summed E-state index contributed by atoms with van der Waals surface area (Å²) in [5, 5.41) is 2.71. The third-order valence-corrected chi connectivity index (χ3v) is 6.52. The largest absolute Gasteiger partial charge is 0.490 e. The van der Waals surface area contributed by atoms with Crippen LogP contribution in [0.5, 0.6) is 5.75 Å².